The predicted octanol–water partition coefficient (Wildman–Crippen LogP) is 0.967. The molecule has 2 rings (SSSR count). The number of sulfone groups is 1. The monoisotopic (exact) mass is 308 g/mol. The van der Waals surface area contributed by atoms with Crippen molar-refractivity contribution in [3.05, 3.63) is 35.7 Å². The number of hydrogen-bond acceptors (Lipinski definition) is 5. The number of nitrogens with one attached hydrogen (secondary N) is 1. The van der Waals surface area contributed by atoms with Crippen molar-refractivity contribution in [3.63, 3.8) is 0 Å². The maximum Gasteiger partial charge on any atom is 0.278 e. The third-order valence-corrected chi connectivity index (χ3v) is 4.07. The van der Waals surface area contributed by atoms with Gasteiger partial charge in [0.15, 0.2) is 15.5 Å². The van der Waals surface area contributed by atoms with Crippen molar-refractivity contribution in [1.82, 2.24) is 9.78 Å². The lowest BCUT2D eigenvalue weighted by atomic mass is 10.2. The second-order valence-electron chi connectivity index (χ2n) is 4.81. The summed E-state index contributed by atoms with van der Waals surface area (Å²) in [6, 6.07) is 4.55. The number of hydrogen-bond donors (Lipinski definition) is 2. The maximum absolute atomic E-state index is 12.1. The first kappa shape index (κ1) is 15.0. The standard InChI is InChI=1S/C13H16N4O3S/c1-8-4-5-9(21(3,19)20)6-11(8)15-13(18)12-10(14)7-17(2)16-12/h4-7H,14H2,1-3H3,(H,15,18). The van der Waals surface area contributed by atoms with Gasteiger partial charge in [-0.1, -0.05) is 6.07 Å². The average Bonchev–Trinajstić information content (AvgIpc) is 2.70. The summed E-state index contributed by atoms with van der Waals surface area (Å²) in [7, 11) is -1.69. The molecule has 1 amide bonds. The molecule has 7 nitrogen and oxygen atoms in total. The number of aromatic nitrogens is 2. The molecule has 0 spiro atoms. The molecule has 0 bridgehead atoms. The molecule has 112 valence electrons. The molecule has 0 radical (unpaired) electrons. The van der Waals surface area contributed by atoms with E-state index in [-0.39, 0.29) is 16.3 Å². The van der Waals surface area contributed by atoms with Crippen LogP contribution in [-0.2, 0) is 16.9 Å². The van der Waals surface area contributed by atoms with Crippen LogP contribution >= 0.6 is 0 Å². The molecule has 1 heterocycles. The van der Waals surface area contributed by atoms with Crippen molar-refractivity contribution in [3.8, 4) is 0 Å². The minimum atomic E-state index is -3.34. The fourth-order valence-corrected chi connectivity index (χ4v) is 2.48. The van der Waals surface area contributed by atoms with Gasteiger partial charge in [0.25, 0.3) is 5.91 Å². The van der Waals surface area contributed by atoms with Crippen LogP contribution in [0.25, 0.3) is 0 Å². The molecule has 21 heavy (non-hydrogen) atoms. The number of benzene rings is 1. The quantitative estimate of drug-likeness (QED) is 0.878. The minimum absolute atomic E-state index is 0.0988. The molecule has 1 aromatic carbocycles. The van der Waals surface area contributed by atoms with Gasteiger partial charge in [-0.25, -0.2) is 8.42 Å². The van der Waals surface area contributed by atoms with Gasteiger partial charge >= 0.3 is 0 Å². The summed E-state index contributed by atoms with van der Waals surface area (Å²) in [5, 5.41) is 6.60. The van der Waals surface area contributed by atoms with E-state index in [0.717, 1.165) is 11.8 Å². The molecular formula is C13H16N4O3S. The van der Waals surface area contributed by atoms with Gasteiger partial charge in [0, 0.05) is 25.2 Å². The number of aryl methyl sites for hydroxylation is 2. The summed E-state index contributed by atoms with van der Waals surface area (Å²) < 4.78 is 24.6. The van der Waals surface area contributed by atoms with E-state index >= 15 is 0 Å². The molecule has 8 heteroatoms. The van der Waals surface area contributed by atoms with E-state index in [2.05, 4.69) is 10.4 Å². The minimum Gasteiger partial charge on any atom is -0.396 e. The molecule has 1 aromatic heterocycles. The average molecular weight is 308 g/mol. The predicted molar refractivity (Wildman–Crippen MR) is 79.9 cm³/mol. The van der Waals surface area contributed by atoms with Gasteiger partial charge in [0.2, 0.25) is 0 Å². The summed E-state index contributed by atoms with van der Waals surface area (Å²) in [6.07, 6.45) is 2.63. The van der Waals surface area contributed by atoms with E-state index in [1.807, 2.05) is 0 Å². The van der Waals surface area contributed by atoms with Crippen LogP contribution in [0.1, 0.15) is 16.1 Å². The second kappa shape index (κ2) is 5.21. The fourth-order valence-electron chi connectivity index (χ4n) is 1.83. The molecule has 0 fully saturated rings. The van der Waals surface area contributed by atoms with Gasteiger partial charge in [-0.15, -0.1) is 0 Å². The lowest BCUT2D eigenvalue weighted by molar-refractivity contribution is 0.102. The summed E-state index contributed by atoms with van der Waals surface area (Å²) in [6.45, 7) is 1.77. The number of nitrogens with zero attached hydrogens (tertiary/aromatic N) is 2. The molecule has 0 saturated carbocycles. The van der Waals surface area contributed by atoms with E-state index in [1.165, 1.54) is 23.0 Å². The van der Waals surface area contributed by atoms with Gasteiger partial charge in [-0.05, 0) is 24.6 Å². The van der Waals surface area contributed by atoms with Crippen molar-refractivity contribution < 1.29 is 13.2 Å². The molecule has 0 aliphatic heterocycles. The summed E-state index contributed by atoms with van der Waals surface area (Å²) >= 11 is 0. The zero-order valence-electron chi connectivity index (χ0n) is 11.9. The van der Waals surface area contributed by atoms with Crippen molar-refractivity contribution in [2.45, 2.75) is 11.8 Å². The Balaban J connectivity index is 2.35. The van der Waals surface area contributed by atoms with Crippen LogP contribution in [0.2, 0.25) is 0 Å². The van der Waals surface area contributed by atoms with E-state index in [4.69, 9.17) is 5.73 Å². The number of anilines is 2. The van der Waals surface area contributed by atoms with E-state index in [1.54, 1.807) is 20.0 Å². The Hall–Kier alpha value is -2.35. The molecule has 0 aliphatic carbocycles. The molecule has 0 saturated heterocycles. The smallest absolute Gasteiger partial charge is 0.278 e. The first-order valence-corrected chi connectivity index (χ1v) is 7.99. The van der Waals surface area contributed by atoms with Gasteiger partial charge in [0.05, 0.1) is 10.6 Å². The van der Waals surface area contributed by atoms with E-state index in [9.17, 15) is 13.2 Å². The number of nitrogens with two attached hydrogens (primary N) is 1. The van der Waals surface area contributed by atoms with Gasteiger partial charge < -0.3 is 11.1 Å². The normalized spacial score (nSPS) is 11.4. The maximum atomic E-state index is 12.1. The van der Waals surface area contributed by atoms with Crippen molar-refractivity contribution >= 4 is 27.1 Å². The Labute approximate surface area is 122 Å². The lowest BCUT2D eigenvalue weighted by Gasteiger charge is -2.09. The number of rotatable bonds is 3. The number of nitrogen functional groups attached to an aromatic ring is 1. The highest BCUT2D eigenvalue weighted by molar-refractivity contribution is 7.90. The van der Waals surface area contributed by atoms with Crippen LogP contribution in [0.3, 0.4) is 0 Å². The highest BCUT2D eigenvalue weighted by atomic mass is 32.2. The van der Waals surface area contributed by atoms with E-state index in [0.29, 0.717) is 5.69 Å². The largest absolute Gasteiger partial charge is 0.396 e. The number of carbonyl (C=O) groups is 1. The zero-order chi connectivity index (χ0) is 15.8. The van der Waals surface area contributed by atoms with Crippen LogP contribution in [-0.4, -0.2) is 30.4 Å². The van der Waals surface area contributed by atoms with Crippen LogP contribution < -0.4 is 11.1 Å². The van der Waals surface area contributed by atoms with Gasteiger partial charge in [-0.2, -0.15) is 5.10 Å². The van der Waals surface area contributed by atoms with Crippen LogP contribution in [0.5, 0.6) is 0 Å². The Kier molecular flexibility index (Phi) is 3.73. The Morgan fingerprint density at radius 1 is 1.38 bits per heavy atom. The SMILES string of the molecule is Cc1ccc(S(C)(=O)=O)cc1NC(=O)c1nn(C)cc1N. The molecule has 2 aromatic rings. The number of amides is 1. The third kappa shape index (κ3) is 3.22. The summed E-state index contributed by atoms with van der Waals surface area (Å²) in [5.41, 5.74) is 7.20. The highest BCUT2D eigenvalue weighted by Crippen LogP contribution is 2.21. The van der Waals surface area contributed by atoms with Gasteiger partial charge in [-0.3, -0.25) is 9.48 Å². The Morgan fingerprint density at radius 3 is 2.57 bits per heavy atom. The highest BCUT2D eigenvalue weighted by Gasteiger charge is 2.16. The van der Waals surface area contributed by atoms with Crippen molar-refractivity contribution in [1.29, 1.82) is 0 Å². The molecule has 0 unspecified atom stereocenters. The lowest BCUT2D eigenvalue weighted by Crippen LogP contribution is -2.15. The second-order valence-corrected chi connectivity index (χ2v) is 6.83. The van der Waals surface area contributed by atoms with Crippen LogP contribution in [0.4, 0.5) is 11.4 Å². The zero-order valence-corrected chi connectivity index (χ0v) is 12.7. The summed E-state index contributed by atoms with van der Waals surface area (Å²) in [4.78, 5) is 12.3. The molecule has 0 atom stereocenters. The number of carbonyl (C=O) groups excluding carboxylic acids is 1. The first-order chi connectivity index (χ1) is 9.68. The summed E-state index contributed by atoms with van der Waals surface area (Å²) in [5.74, 6) is -0.484. The van der Waals surface area contributed by atoms with Gasteiger partial charge in [0.1, 0.15) is 0 Å². The van der Waals surface area contributed by atoms with Crippen molar-refractivity contribution in [2.24, 2.45) is 7.05 Å². The topological polar surface area (TPSA) is 107 Å². The Bertz CT molecular complexity index is 809. The fraction of sp³-hybridized carbons (Fsp3) is 0.231. The first-order valence-electron chi connectivity index (χ1n) is 6.09. The van der Waals surface area contributed by atoms with Crippen LogP contribution in [0, 0.1) is 6.92 Å². The van der Waals surface area contributed by atoms with Crippen molar-refractivity contribution in [2.75, 3.05) is 17.3 Å². The molecular weight excluding hydrogens is 292 g/mol. The molecule has 0 aliphatic rings. The Morgan fingerprint density at radius 2 is 2.05 bits per heavy atom. The third-order valence-electron chi connectivity index (χ3n) is 2.96. The molecule has 3 N–H and O–H groups in total. The van der Waals surface area contributed by atoms with E-state index < -0.39 is 15.7 Å². The van der Waals surface area contributed by atoms with Crippen LogP contribution in [0.15, 0.2) is 29.3 Å².